The summed E-state index contributed by atoms with van der Waals surface area (Å²) in [4.78, 5) is 0.257. The van der Waals surface area contributed by atoms with Crippen molar-refractivity contribution in [1.29, 1.82) is 0 Å². The van der Waals surface area contributed by atoms with Crippen LogP contribution in [-0.2, 0) is 15.6 Å². The van der Waals surface area contributed by atoms with Crippen LogP contribution in [0.1, 0.15) is 24.4 Å². The average Bonchev–Trinajstić information content (AvgIpc) is 3.15. The van der Waals surface area contributed by atoms with Gasteiger partial charge in [-0.05, 0) is 41.0 Å². The van der Waals surface area contributed by atoms with Crippen molar-refractivity contribution in [3.05, 3.63) is 28.8 Å². The first-order valence-corrected chi connectivity index (χ1v) is 9.60. The average molecular weight is 345 g/mol. The number of tetrazole rings is 1. The molecule has 0 spiro atoms. The summed E-state index contributed by atoms with van der Waals surface area (Å²) in [6.45, 7) is 0. The molecule has 112 valence electrons. The summed E-state index contributed by atoms with van der Waals surface area (Å²) in [7, 11) is -3.32. The van der Waals surface area contributed by atoms with Crippen molar-refractivity contribution in [2.75, 3.05) is 6.26 Å². The van der Waals surface area contributed by atoms with E-state index in [2.05, 4.69) is 15.5 Å². The van der Waals surface area contributed by atoms with E-state index in [1.54, 1.807) is 22.9 Å². The molecule has 9 heteroatoms. The van der Waals surface area contributed by atoms with Crippen LogP contribution < -0.4 is 0 Å². The highest BCUT2D eigenvalue weighted by molar-refractivity contribution is 7.98. The van der Waals surface area contributed by atoms with Gasteiger partial charge in [0.25, 0.3) is 0 Å². The molecule has 0 bridgehead atoms. The van der Waals surface area contributed by atoms with Crippen LogP contribution in [0.25, 0.3) is 0 Å². The van der Waals surface area contributed by atoms with Crippen LogP contribution in [0.2, 0.25) is 5.02 Å². The standard InChI is InChI=1S/C12H13ClN4O2S2/c1-21(18,19)11-4-2-3-10(13)9(11)7-20-12-14-15-16-17(12)8-5-6-8/h2-4,8H,5-7H2,1H3. The van der Waals surface area contributed by atoms with E-state index in [4.69, 9.17) is 11.6 Å². The summed E-state index contributed by atoms with van der Waals surface area (Å²) in [6, 6.07) is 5.28. The van der Waals surface area contributed by atoms with Gasteiger partial charge in [0.05, 0.1) is 10.9 Å². The lowest BCUT2D eigenvalue weighted by Crippen LogP contribution is -2.03. The fraction of sp³-hybridized carbons (Fsp3) is 0.417. The Morgan fingerprint density at radius 3 is 2.86 bits per heavy atom. The fourth-order valence-electron chi connectivity index (χ4n) is 1.99. The highest BCUT2D eigenvalue weighted by atomic mass is 35.5. The van der Waals surface area contributed by atoms with Crippen LogP contribution in [0.4, 0.5) is 0 Å². The summed E-state index contributed by atoms with van der Waals surface area (Å²) in [6.07, 6.45) is 3.35. The maximum absolute atomic E-state index is 11.8. The summed E-state index contributed by atoms with van der Waals surface area (Å²) >= 11 is 7.55. The molecule has 0 saturated heterocycles. The van der Waals surface area contributed by atoms with E-state index in [0.717, 1.165) is 12.8 Å². The molecule has 0 radical (unpaired) electrons. The molecule has 1 aliphatic rings. The van der Waals surface area contributed by atoms with Gasteiger partial charge < -0.3 is 0 Å². The number of rotatable bonds is 5. The Labute approximate surface area is 131 Å². The van der Waals surface area contributed by atoms with Gasteiger partial charge in [0, 0.05) is 17.0 Å². The summed E-state index contributed by atoms with van der Waals surface area (Å²) in [5.74, 6) is 0.412. The quantitative estimate of drug-likeness (QED) is 0.775. The Bertz CT molecular complexity index is 771. The number of benzene rings is 1. The number of aromatic nitrogens is 4. The van der Waals surface area contributed by atoms with E-state index in [1.165, 1.54) is 18.0 Å². The topological polar surface area (TPSA) is 77.7 Å². The van der Waals surface area contributed by atoms with Gasteiger partial charge in [0.15, 0.2) is 9.84 Å². The normalized spacial score (nSPS) is 15.3. The third-order valence-corrected chi connectivity index (χ3v) is 5.67. The van der Waals surface area contributed by atoms with E-state index in [1.807, 2.05) is 0 Å². The predicted molar refractivity (Wildman–Crippen MR) is 80.2 cm³/mol. The van der Waals surface area contributed by atoms with Crippen molar-refractivity contribution in [2.24, 2.45) is 0 Å². The zero-order chi connectivity index (χ0) is 15.0. The molecule has 1 aromatic carbocycles. The summed E-state index contributed by atoms with van der Waals surface area (Å²) < 4.78 is 25.5. The number of halogens is 1. The van der Waals surface area contributed by atoms with Gasteiger partial charge in [-0.25, -0.2) is 13.1 Å². The molecule has 3 rings (SSSR count). The lowest BCUT2D eigenvalue weighted by molar-refractivity contribution is 0.565. The lowest BCUT2D eigenvalue weighted by atomic mass is 10.2. The van der Waals surface area contributed by atoms with E-state index in [-0.39, 0.29) is 4.90 Å². The molecule has 2 aromatic rings. The van der Waals surface area contributed by atoms with Crippen molar-refractivity contribution in [2.45, 2.75) is 34.7 Å². The molecule has 0 unspecified atom stereocenters. The van der Waals surface area contributed by atoms with E-state index >= 15 is 0 Å². The van der Waals surface area contributed by atoms with Gasteiger partial charge in [-0.15, -0.1) is 5.10 Å². The van der Waals surface area contributed by atoms with E-state index in [9.17, 15) is 8.42 Å². The number of hydrogen-bond donors (Lipinski definition) is 0. The van der Waals surface area contributed by atoms with Crippen LogP contribution in [-0.4, -0.2) is 34.9 Å². The van der Waals surface area contributed by atoms with Gasteiger partial charge in [0.2, 0.25) is 5.16 Å². The molecule has 21 heavy (non-hydrogen) atoms. The zero-order valence-electron chi connectivity index (χ0n) is 11.2. The van der Waals surface area contributed by atoms with Crippen LogP contribution in [0.3, 0.4) is 0 Å². The number of nitrogens with zero attached hydrogens (tertiary/aromatic N) is 4. The third kappa shape index (κ3) is 3.22. The number of hydrogen-bond acceptors (Lipinski definition) is 6. The van der Waals surface area contributed by atoms with Crippen molar-refractivity contribution < 1.29 is 8.42 Å². The molecule has 0 amide bonds. The lowest BCUT2D eigenvalue weighted by Gasteiger charge is -2.09. The minimum Gasteiger partial charge on any atom is -0.224 e. The Morgan fingerprint density at radius 1 is 1.43 bits per heavy atom. The molecule has 1 aromatic heterocycles. The minimum absolute atomic E-state index is 0.257. The zero-order valence-corrected chi connectivity index (χ0v) is 13.6. The monoisotopic (exact) mass is 344 g/mol. The molecule has 0 aliphatic heterocycles. The fourth-order valence-corrected chi connectivity index (χ4v) is 4.41. The number of thioether (sulfide) groups is 1. The molecule has 6 nitrogen and oxygen atoms in total. The van der Waals surface area contributed by atoms with Gasteiger partial charge in [-0.2, -0.15) is 0 Å². The second-order valence-corrected chi connectivity index (χ2v) is 8.25. The van der Waals surface area contributed by atoms with E-state index in [0.29, 0.717) is 27.5 Å². The van der Waals surface area contributed by atoms with Crippen LogP contribution in [0.15, 0.2) is 28.3 Å². The van der Waals surface area contributed by atoms with Crippen LogP contribution in [0, 0.1) is 0 Å². The maximum atomic E-state index is 11.8. The van der Waals surface area contributed by atoms with E-state index < -0.39 is 9.84 Å². The Kier molecular flexibility index (Phi) is 3.94. The summed E-state index contributed by atoms with van der Waals surface area (Å²) in [5, 5.41) is 12.8. The third-order valence-electron chi connectivity index (χ3n) is 3.18. The van der Waals surface area contributed by atoms with Crippen molar-refractivity contribution >= 4 is 33.2 Å². The van der Waals surface area contributed by atoms with Gasteiger partial charge >= 0.3 is 0 Å². The molecule has 0 atom stereocenters. The largest absolute Gasteiger partial charge is 0.224 e. The highest BCUT2D eigenvalue weighted by Crippen LogP contribution is 2.37. The van der Waals surface area contributed by atoms with Gasteiger partial charge in [0.1, 0.15) is 0 Å². The molecular weight excluding hydrogens is 332 g/mol. The van der Waals surface area contributed by atoms with Crippen LogP contribution in [0.5, 0.6) is 0 Å². The van der Waals surface area contributed by atoms with Crippen molar-refractivity contribution in [3.8, 4) is 0 Å². The Balaban J connectivity index is 1.86. The van der Waals surface area contributed by atoms with Crippen molar-refractivity contribution in [1.82, 2.24) is 20.2 Å². The molecular formula is C12H13ClN4O2S2. The summed E-state index contributed by atoms with van der Waals surface area (Å²) in [5.41, 5.74) is 0.594. The number of sulfone groups is 1. The van der Waals surface area contributed by atoms with Crippen LogP contribution >= 0.6 is 23.4 Å². The van der Waals surface area contributed by atoms with Crippen molar-refractivity contribution in [3.63, 3.8) is 0 Å². The second kappa shape index (κ2) is 5.58. The SMILES string of the molecule is CS(=O)(=O)c1cccc(Cl)c1CSc1nnnn1C1CC1. The predicted octanol–water partition coefficient (Wildman–Crippen LogP) is 2.36. The van der Waals surface area contributed by atoms with Gasteiger partial charge in [-0.3, -0.25) is 0 Å². The molecule has 1 heterocycles. The first-order chi connectivity index (χ1) is 9.97. The molecule has 1 saturated carbocycles. The molecule has 1 aliphatic carbocycles. The maximum Gasteiger partial charge on any atom is 0.209 e. The first-order valence-electron chi connectivity index (χ1n) is 6.35. The first kappa shape index (κ1) is 14.8. The highest BCUT2D eigenvalue weighted by Gasteiger charge is 2.28. The van der Waals surface area contributed by atoms with Gasteiger partial charge in [-0.1, -0.05) is 29.4 Å². The minimum atomic E-state index is -3.32. The Hall–Kier alpha value is -1.12. The molecule has 0 N–H and O–H groups in total. The Morgan fingerprint density at radius 2 is 2.19 bits per heavy atom. The second-order valence-electron chi connectivity index (χ2n) is 4.91. The smallest absolute Gasteiger partial charge is 0.209 e. The molecule has 1 fully saturated rings.